The average molecular weight is 388 g/mol. The summed E-state index contributed by atoms with van der Waals surface area (Å²) >= 11 is 0. The molecule has 0 atom stereocenters. The highest BCUT2D eigenvalue weighted by molar-refractivity contribution is 5.95. The Morgan fingerprint density at radius 2 is 1.78 bits per heavy atom. The summed E-state index contributed by atoms with van der Waals surface area (Å²) in [4.78, 5) is 16.7. The molecule has 1 aromatic carbocycles. The standard InChI is InChI=1S/C21H25N3O2.ClH/c1-16-18-14-15-21(26-2)23-24(18)20(22-16)13-9-4-3-8-12-19(25)17-10-6-5-7-11-17;/h5-7,10-11,14-15H,3-4,8-9,12-13H2,1-2H3;1H. The van der Waals surface area contributed by atoms with Crippen molar-refractivity contribution in [2.75, 3.05) is 7.11 Å². The number of nitrogens with zero attached hydrogens (tertiary/aromatic N) is 3. The fourth-order valence-corrected chi connectivity index (χ4v) is 3.14. The van der Waals surface area contributed by atoms with Crippen LogP contribution in [0.4, 0.5) is 0 Å². The van der Waals surface area contributed by atoms with Gasteiger partial charge in [0, 0.05) is 24.5 Å². The number of fused-ring (bicyclic) bond motifs is 1. The molecule has 0 N–H and O–H groups in total. The van der Waals surface area contributed by atoms with Crippen LogP contribution >= 0.6 is 12.4 Å². The van der Waals surface area contributed by atoms with Gasteiger partial charge in [-0.25, -0.2) is 9.50 Å². The molecule has 0 saturated carbocycles. The Morgan fingerprint density at radius 3 is 2.52 bits per heavy atom. The molecule has 0 aliphatic rings. The van der Waals surface area contributed by atoms with Crippen LogP contribution in [0.25, 0.3) is 5.52 Å². The average Bonchev–Trinajstić information content (AvgIpc) is 3.00. The van der Waals surface area contributed by atoms with Gasteiger partial charge in [-0.2, -0.15) is 0 Å². The van der Waals surface area contributed by atoms with Gasteiger partial charge in [-0.1, -0.05) is 43.2 Å². The Bertz CT molecular complexity index is 878. The van der Waals surface area contributed by atoms with E-state index in [1.54, 1.807) is 7.11 Å². The number of carbonyl (C=O) groups excluding carboxylic acids is 1. The minimum absolute atomic E-state index is 0. The number of hydrogen-bond acceptors (Lipinski definition) is 4. The highest BCUT2D eigenvalue weighted by atomic mass is 35.5. The summed E-state index contributed by atoms with van der Waals surface area (Å²) < 4.78 is 7.09. The van der Waals surface area contributed by atoms with Crippen LogP contribution in [0.2, 0.25) is 0 Å². The van der Waals surface area contributed by atoms with Crippen LogP contribution in [0.15, 0.2) is 42.5 Å². The van der Waals surface area contributed by atoms with Crippen molar-refractivity contribution in [2.24, 2.45) is 0 Å². The van der Waals surface area contributed by atoms with Crippen LogP contribution in [0, 0.1) is 6.92 Å². The largest absolute Gasteiger partial charge is 0.480 e. The summed E-state index contributed by atoms with van der Waals surface area (Å²) in [5.41, 5.74) is 2.82. The van der Waals surface area contributed by atoms with E-state index < -0.39 is 0 Å². The van der Waals surface area contributed by atoms with Crippen LogP contribution in [0.3, 0.4) is 0 Å². The Labute approximate surface area is 166 Å². The number of imidazole rings is 1. The van der Waals surface area contributed by atoms with E-state index in [1.165, 1.54) is 0 Å². The van der Waals surface area contributed by atoms with E-state index in [0.29, 0.717) is 12.3 Å². The van der Waals surface area contributed by atoms with Crippen LogP contribution in [0.1, 0.15) is 54.0 Å². The lowest BCUT2D eigenvalue weighted by Gasteiger charge is -2.04. The lowest BCUT2D eigenvalue weighted by molar-refractivity contribution is 0.0979. The number of ether oxygens (including phenoxy) is 1. The van der Waals surface area contributed by atoms with Gasteiger partial charge in [0.25, 0.3) is 0 Å². The molecule has 27 heavy (non-hydrogen) atoms. The minimum Gasteiger partial charge on any atom is -0.480 e. The molecular weight excluding hydrogens is 362 g/mol. The van der Waals surface area contributed by atoms with Gasteiger partial charge in [-0.05, 0) is 25.8 Å². The normalized spacial score (nSPS) is 10.6. The number of carbonyl (C=O) groups is 1. The maximum atomic E-state index is 12.1. The van der Waals surface area contributed by atoms with Crippen molar-refractivity contribution in [2.45, 2.75) is 45.4 Å². The van der Waals surface area contributed by atoms with Crippen LogP contribution in [0.5, 0.6) is 5.88 Å². The lowest BCUT2D eigenvalue weighted by Crippen LogP contribution is -2.01. The zero-order valence-corrected chi connectivity index (χ0v) is 16.7. The van der Waals surface area contributed by atoms with E-state index in [-0.39, 0.29) is 18.2 Å². The number of aromatic nitrogens is 3. The topological polar surface area (TPSA) is 56.5 Å². The highest BCUT2D eigenvalue weighted by Crippen LogP contribution is 2.17. The molecule has 0 amide bonds. The second-order valence-electron chi connectivity index (χ2n) is 6.49. The van der Waals surface area contributed by atoms with Crippen molar-refractivity contribution >= 4 is 23.7 Å². The van der Waals surface area contributed by atoms with Crippen molar-refractivity contribution in [3.05, 3.63) is 59.5 Å². The van der Waals surface area contributed by atoms with Crippen molar-refractivity contribution in [1.29, 1.82) is 0 Å². The number of ketones is 1. The molecule has 0 radical (unpaired) electrons. The zero-order chi connectivity index (χ0) is 18.4. The molecular formula is C21H26ClN3O2. The predicted octanol–water partition coefficient (Wildman–Crippen LogP) is 4.84. The molecule has 0 aliphatic carbocycles. The number of unbranched alkanes of at least 4 members (excludes halogenated alkanes) is 3. The summed E-state index contributed by atoms with van der Waals surface area (Å²) in [6.07, 6.45) is 5.60. The number of methoxy groups -OCH3 is 1. The zero-order valence-electron chi connectivity index (χ0n) is 15.9. The van der Waals surface area contributed by atoms with Crippen LogP contribution < -0.4 is 4.74 Å². The second kappa shape index (κ2) is 10.1. The minimum atomic E-state index is 0. The molecule has 5 nitrogen and oxygen atoms in total. The summed E-state index contributed by atoms with van der Waals surface area (Å²) in [7, 11) is 1.62. The summed E-state index contributed by atoms with van der Waals surface area (Å²) in [6.45, 7) is 2.00. The fraction of sp³-hybridized carbons (Fsp3) is 0.381. The van der Waals surface area contributed by atoms with Gasteiger partial charge in [0.1, 0.15) is 5.82 Å². The molecule has 0 bridgehead atoms. The predicted molar refractivity (Wildman–Crippen MR) is 109 cm³/mol. The maximum absolute atomic E-state index is 12.1. The van der Waals surface area contributed by atoms with E-state index in [4.69, 9.17) is 4.74 Å². The first-order chi connectivity index (χ1) is 12.7. The van der Waals surface area contributed by atoms with Gasteiger partial charge in [-0.3, -0.25) is 4.79 Å². The number of rotatable bonds is 9. The lowest BCUT2D eigenvalue weighted by atomic mass is 10.0. The van der Waals surface area contributed by atoms with Crippen molar-refractivity contribution in [1.82, 2.24) is 14.6 Å². The van der Waals surface area contributed by atoms with Gasteiger partial charge in [0.2, 0.25) is 5.88 Å². The maximum Gasteiger partial charge on any atom is 0.231 e. The number of halogens is 1. The van der Waals surface area contributed by atoms with E-state index in [9.17, 15) is 4.79 Å². The molecule has 0 spiro atoms. The Morgan fingerprint density at radius 1 is 1.04 bits per heavy atom. The van der Waals surface area contributed by atoms with Crippen LogP contribution in [-0.4, -0.2) is 27.5 Å². The Hall–Kier alpha value is -2.40. The molecule has 144 valence electrons. The van der Waals surface area contributed by atoms with Gasteiger partial charge < -0.3 is 4.74 Å². The van der Waals surface area contributed by atoms with E-state index in [1.807, 2.05) is 53.9 Å². The van der Waals surface area contributed by atoms with Crippen molar-refractivity contribution in [3.63, 3.8) is 0 Å². The quantitative estimate of drug-likeness (QED) is 0.389. The number of Topliss-reactive ketones (excluding diaryl/α,β-unsaturated/α-hetero) is 1. The van der Waals surface area contributed by atoms with Crippen molar-refractivity contribution < 1.29 is 9.53 Å². The van der Waals surface area contributed by atoms with Crippen molar-refractivity contribution in [3.8, 4) is 5.88 Å². The van der Waals surface area contributed by atoms with Crippen LogP contribution in [-0.2, 0) is 6.42 Å². The Balaban J connectivity index is 0.00000261. The fourth-order valence-electron chi connectivity index (χ4n) is 3.14. The molecule has 0 fully saturated rings. The summed E-state index contributed by atoms with van der Waals surface area (Å²) in [5, 5.41) is 4.47. The van der Waals surface area contributed by atoms with E-state index in [2.05, 4.69) is 10.1 Å². The number of benzene rings is 1. The van der Waals surface area contributed by atoms with Gasteiger partial charge >= 0.3 is 0 Å². The molecule has 0 aliphatic heterocycles. The molecule has 3 rings (SSSR count). The molecule has 2 aromatic heterocycles. The highest BCUT2D eigenvalue weighted by Gasteiger charge is 2.10. The van der Waals surface area contributed by atoms with Gasteiger partial charge in [0.15, 0.2) is 5.78 Å². The first-order valence-corrected chi connectivity index (χ1v) is 9.16. The SMILES string of the molecule is COc1ccc2c(C)nc(CCCCCCC(=O)c3ccccc3)n2n1.Cl. The third-order valence-corrected chi connectivity index (χ3v) is 4.58. The summed E-state index contributed by atoms with van der Waals surface area (Å²) in [5.74, 6) is 1.80. The van der Waals surface area contributed by atoms with E-state index in [0.717, 1.165) is 54.7 Å². The first-order valence-electron chi connectivity index (χ1n) is 9.16. The molecule has 0 unspecified atom stereocenters. The monoisotopic (exact) mass is 387 g/mol. The first kappa shape index (κ1) is 20.9. The molecule has 3 aromatic rings. The molecule has 0 saturated heterocycles. The Kier molecular flexibility index (Phi) is 7.80. The second-order valence-corrected chi connectivity index (χ2v) is 6.49. The van der Waals surface area contributed by atoms with E-state index >= 15 is 0 Å². The van der Waals surface area contributed by atoms with Gasteiger partial charge in [-0.15, -0.1) is 17.5 Å². The smallest absolute Gasteiger partial charge is 0.231 e. The third kappa shape index (κ3) is 5.30. The van der Waals surface area contributed by atoms with Gasteiger partial charge in [0.05, 0.1) is 18.3 Å². The molecule has 2 heterocycles. The summed E-state index contributed by atoms with van der Waals surface area (Å²) in [6, 6.07) is 13.4. The third-order valence-electron chi connectivity index (χ3n) is 4.58. The number of hydrogen-bond donors (Lipinski definition) is 0. The molecule has 6 heteroatoms. The number of aryl methyl sites for hydroxylation is 2.